The molecule has 40 heavy (non-hydrogen) atoms. The molecule has 7 rings (SSSR count). The van der Waals surface area contributed by atoms with Crippen LogP contribution in [0.4, 0.5) is 0 Å². The second kappa shape index (κ2) is 9.09. The second-order valence-corrected chi connectivity index (χ2v) is 9.03. The standard InChI is InChI=1S/C29H21N5O6/c1-36-19-11-16(12-20(37-2)25(19)38-3)21-22-24(17-8-4-5-9-18(17)39-29(22)35)40-28-23(21)27-32-26(33-34(27)14-31-28)15-7-6-10-30-13-15/h4-14,21H,1-3H3. The fourth-order valence-electron chi connectivity index (χ4n) is 5.15. The predicted molar refractivity (Wildman–Crippen MR) is 144 cm³/mol. The molecular formula is C29H21N5O6. The Bertz CT molecular complexity index is 1960. The highest BCUT2D eigenvalue weighted by Crippen LogP contribution is 2.51. The van der Waals surface area contributed by atoms with Gasteiger partial charge in [-0.05, 0) is 42.0 Å². The highest BCUT2D eigenvalue weighted by Gasteiger charge is 2.38. The Morgan fingerprint density at radius 1 is 0.950 bits per heavy atom. The van der Waals surface area contributed by atoms with Crippen molar-refractivity contribution >= 4 is 16.6 Å². The summed E-state index contributed by atoms with van der Waals surface area (Å²) in [5.41, 5.74) is 2.53. The first-order valence-corrected chi connectivity index (χ1v) is 12.3. The Kier molecular flexibility index (Phi) is 5.37. The maximum atomic E-state index is 13.7. The number of nitrogens with zero attached hydrogens (tertiary/aromatic N) is 5. The summed E-state index contributed by atoms with van der Waals surface area (Å²) in [6.45, 7) is 0. The Morgan fingerprint density at radius 2 is 1.75 bits per heavy atom. The van der Waals surface area contributed by atoms with Crippen LogP contribution < -0.4 is 24.6 Å². The molecule has 1 unspecified atom stereocenters. The monoisotopic (exact) mass is 535 g/mol. The van der Waals surface area contributed by atoms with Crippen molar-refractivity contribution in [1.29, 1.82) is 0 Å². The lowest BCUT2D eigenvalue weighted by Crippen LogP contribution is -2.22. The molecule has 6 aromatic rings. The summed E-state index contributed by atoms with van der Waals surface area (Å²) >= 11 is 0. The van der Waals surface area contributed by atoms with Crippen LogP contribution in [0.2, 0.25) is 0 Å². The zero-order chi connectivity index (χ0) is 27.4. The first-order chi connectivity index (χ1) is 19.6. The molecule has 1 atom stereocenters. The summed E-state index contributed by atoms with van der Waals surface area (Å²) in [5.74, 6) is 1.65. The molecular weight excluding hydrogens is 514 g/mol. The van der Waals surface area contributed by atoms with E-state index >= 15 is 0 Å². The van der Waals surface area contributed by atoms with Crippen molar-refractivity contribution in [2.45, 2.75) is 5.92 Å². The van der Waals surface area contributed by atoms with Crippen LogP contribution in [0.25, 0.3) is 28.0 Å². The van der Waals surface area contributed by atoms with E-state index < -0.39 is 11.5 Å². The van der Waals surface area contributed by atoms with E-state index in [4.69, 9.17) is 28.3 Å². The number of fused-ring (bicyclic) bond motifs is 6. The third kappa shape index (κ3) is 3.48. The van der Waals surface area contributed by atoms with Crippen LogP contribution in [-0.2, 0) is 0 Å². The molecule has 0 bridgehead atoms. The number of benzene rings is 2. The molecule has 198 valence electrons. The van der Waals surface area contributed by atoms with Crippen LogP contribution in [0, 0.1) is 0 Å². The van der Waals surface area contributed by atoms with Gasteiger partial charge in [-0.25, -0.2) is 19.3 Å². The fraction of sp³-hybridized carbons (Fsp3) is 0.138. The van der Waals surface area contributed by atoms with Crippen molar-refractivity contribution < 1.29 is 23.4 Å². The van der Waals surface area contributed by atoms with Gasteiger partial charge in [0.05, 0.1) is 43.8 Å². The van der Waals surface area contributed by atoms with E-state index in [1.165, 1.54) is 27.7 Å². The van der Waals surface area contributed by atoms with Gasteiger partial charge in [-0.1, -0.05) is 12.1 Å². The molecule has 4 aromatic heterocycles. The third-order valence-corrected chi connectivity index (χ3v) is 6.90. The molecule has 2 aromatic carbocycles. The number of rotatable bonds is 5. The number of aromatic nitrogens is 5. The van der Waals surface area contributed by atoms with Gasteiger partial charge < -0.3 is 23.4 Å². The molecule has 0 aliphatic carbocycles. The second-order valence-electron chi connectivity index (χ2n) is 9.03. The Hall–Kier alpha value is -5.45. The molecule has 0 radical (unpaired) electrons. The minimum absolute atomic E-state index is 0.291. The largest absolute Gasteiger partial charge is 0.493 e. The van der Waals surface area contributed by atoms with Gasteiger partial charge in [0.25, 0.3) is 0 Å². The SMILES string of the molecule is COc1cc(C2c3c(c4ccccc4oc3=O)Oc3ncn4nc(-c5cccnc5)nc4c32)cc(OC)c1OC. The Morgan fingerprint density at radius 3 is 2.48 bits per heavy atom. The predicted octanol–water partition coefficient (Wildman–Crippen LogP) is 4.60. The number of ether oxygens (including phenoxy) is 4. The maximum absolute atomic E-state index is 13.7. The van der Waals surface area contributed by atoms with Crippen LogP contribution in [0.15, 0.2) is 76.5 Å². The van der Waals surface area contributed by atoms with E-state index in [2.05, 4.69) is 15.1 Å². The topological polar surface area (TPSA) is 123 Å². The average molecular weight is 536 g/mol. The third-order valence-electron chi connectivity index (χ3n) is 6.90. The molecule has 11 heteroatoms. The quantitative estimate of drug-likeness (QED) is 0.289. The molecule has 1 aliphatic rings. The van der Waals surface area contributed by atoms with E-state index in [0.717, 1.165) is 5.56 Å². The minimum atomic E-state index is -0.726. The van der Waals surface area contributed by atoms with Crippen molar-refractivity contribution in [1.82, 2.24) is 24.6 Å². The van der Waals surface area contributed by atoms with Gasteiger partial charge in [0.15, 0.2) is 28.7 Å². The molecule has 5 heterocycles. The minimum Gasteiger partial charge on any atom is -0.493 e. The molecule has 0 saturated carbocycles. The van der Waals surface area contributed by atoms with Gasteiger partial charge in [0, 0.05) is 18.0 Å². The summed E-state index contributed by atoms with van der Waals surface area (Å²) in [6, 6.07) is 14.5. The number of para-hydroxylation sites is 1. The maximum Gasteiger partial charge on any atom is 0.344 e. The average Bonchev–Trinajstić information content (AvgIpc) is 3.44. The molecule has 1 aliphatic heterocycles. The summed E-state index contributed by atoms with van der Waals surface area (Å²) in [5, 5.41) is 5.26. The molecule has 0 N–H and O–H groups in total. The lowest BCUT2D eigenvalue weighted by atomic mass is 9.83. The van der Waals surface area contributed by atoms with E-state index in [1.807, 2.05) is 24.3 Å². The lowest BCUT2D eigenvalue weighted by Gasteiger charge is -2.28. The highest BCUT2D eigenvalue weighted by molar-refractivity contribution is 5.87. The van der Waals surface area contributed by atoms with Gasteiger partial charge in [0.1, 0.15) is 11.9 Å². The van der Waals surface area contributed by atoms with Crippen molar-refractivity contribution in [3.05, 3.63) is 94.4 Å². The number of hydrogen-bond donors (Lipinski definition) is 0. The summed E-state index contributed by atoms with van der Waals surface area (Å²) < 4.78 is 30.5. The summed E-state index contributed by atoms with van der Waals surface area (Å²) in [6.07, 6.45) is 4.89. The van der Waals surface area contributed by atoms with Crippen LogP contribution in [0.5, 0.6) is 28.9 Å². The van der Waals surface area contributed by atoms with E-state index in [0.29, 0.717) is 68.0 Å². The van der Waals surface area contributed by atoms with Gasteiger partial charge in [-0.2, -0.15) is 0 Å². The van der Waals surface area contributed by atoms with Crippen molar-refractivity contribution in [3.63, 3.8) is 0 Å². The van der Waals surface area contributed by atoms with Gasteiger partial charge in [-0.15, -0.1) is 5.10 Å². The number of pyridine rings is 1. The highest BCUT2D eigenvalue weighted by atomic mass is 16.5. The van der Waals surface area contributed by atoms with Crippen molar-refractivity contribution in [2.24, 2.45) is 0 Å². The Balaban J connectivity index is 1.57. The van der Waals surface area contributed by atoms with E-state index in [-0.39, 0.29) is 0 Å². The first-order valence-electron chi connectivity index (χ1n) is 12.3. The molecule has 0 saturated heterocycles. The van der Waals surface area contributed by atoms with Crippen molar-refractivity contribution in [2.75, 3.05) is 21.3 Å². The van der Waals surface area contributed by atoms with Crippen LogP contribution in [-0.4, -0.2) is 45.9 Å². The molecule has 0 amide bonds. The summed E-state index contributed by atoms with van der Waals surface area (Å²) in [4.78, 5) is 27.3. The first kappa shape index (κ1) is 23.7. The molecule has 0 spiro atoms. The van der Waals surface area contributed by atoms with Gasteiger partial charge in [0.2, 0.25) is 11.6 Å². The molecule has 11 nitrogen and oxygen atoms in total. The van der Waals surface area contributed by atoms with Crippen LogP contribution in [0.1, 0.15) is 22.6 Å². The Labute approximate surface area is 226 Å². The summed E-state index contributed by atoms with van der Waals surface area (Å²) in [7, 11) is 4.60. The number of methoxy groups -OCH3 is 3. The zero-order valence-electron chi connectivity index (χ0n) is 21.6. The molecule has 0 fully saturated rings. The van der Waals surface area contributed by atoms with E-state index in [1.54, 1.807) is 41.2 Å². The van der Waals surface area contributed by atoms with Crippen molar-refractivity contribution in [3.8, 4) is 40.3 Å². The smallest absolute Gasteiger partial charge is 0.344 e. The zero-order valence-corrected chi connectivity index (χ0v) is 21.6. The lowest BCUT2D eigenvalue weighted by molar-refractivity contribution is 0.323. The fourth-order valence-corrected chi connectivity index (χ4v) is 5.15. The van der Waals surface area contributed by atoms with E-state index in [9.17, 15) is 4.79 Å². The van der Waals surface area contributed by atoms with Gasteiger partial charge >= 0.3 is 5.63 Å². The normalized spacial score (nSPS) is 13.9. The van der Waals surface area contributed by atoms with Gasteiger partial charge in [-0.3, -0.25) is 4.98 Å². The number of hydrogen-bond acceptors (Lipinski definition) is 10. The van der Waals surface area contributed by atoms with Crippen LogP contribution in [0.3, 0.4) is 0 Å². The van der Waals surface area contributed by atoms with Crippen LogP contribution >= 0.6 is 0 Å².